The van der Waals surface area contributed by atoms with Gasteiger partial charge in [-0.2, -0.15) is 0 Å². The minimum absolute atomic E-state index is 0.411. The van der Waals surface area contributed by atoms with Crippen LogP contribution in [0.25, 0.3) is 11.4 Å². The molecule has 2 heterocycles. The van der Waals surface area contributed by atoms with Gasteiger partial charge in [-0.25, -0.2) is 9.97 Å². The Kier molecular flexibility index (Phi) is 2.56. The van der Waals surface area contributed by atoms with Crippen LogP contribution in [0.4, 0.5) is 0 Å². The molecular formula is C9H6BrClN2O. The van der Waals surface area contributed by atoms with Crippen LogP contribution in [-0.4, -0.2) is 9.97 Å². The first-order valence-electron chi connectivity index (χ1n) is 3.90. The van der Waals surface area contributed by atoms with Crippen molar-refractivity contribution in [2.45, 2.75) is 6.92 Å². The fourth-order valence-electron chi connectivity index (χ4n) is 1.05. The summed E-state index contributed by atoms with van der Waals surface area (Å²) in [7, 11) is 0. The fourth-order valence-corrected chi connectivity index (χ4v) is 1.44. The van der Waals surface area contributed by atoms with Crippen molar-refractivity contribution in [2.24, 2.45) is 0 Å². The Balaban J connectivity index is 2.57. The van der Waals surface area contributed by atoms with Gasteiger partial charge in [0.05, 0.1) is 22.0 Å². The molecule has 5 heteroatoms. The minimum atomic E-state index is 0.411. The lowest BCUT2D eigenvalue weighted by molar-refractivity contribution is 0.568. The number of nitrogens with zero attached hydrogens (tertiary/aromatic N) is 2. The van der Waals surface area contributed by atoms with Crippen LogP contribution in [-0.2, 0) is 0 Å². The molecule has 0 aliphatic carbocycles. The van der Waals surface area contributed by atoms with Crippen molar-refractivity contribution in [3.05, 3.63) is 33.9 Å². The van der Waals surface area contributed by atoms with E-state index < -0.39 is 0 Å². The van der Waals surface area contributed by atoms with Gasteiger partial charge in [0.1, 0.15) is 11.4 Å². The van der Waals surface area contributed by atoms with Crippen LogP contribution in [0.3, 0.4) is 0 Å². The lowest BCUT2D eigenvalue weighted by Crippen LogP contribution is -1.93. The predicted molar refractivity (Wildman–Crippen MR) is 57.2 cm³/mol. The van der Waals surface area contributed by atoms with E-state index in [9.17, 15) is 0 Å². The van der Waals surface area contributed by atoms with Gasteiger partial charge in [-0.05, 0) is 28.9 Å². The second-order valence-electron chi connectivity index (χ2n) is 2.75. The van der Waals surface area contributed by atoms with Crippen LogP contribution >= 0.6 is 27.5 Å². The second-order valence-corrected chi connectivity index (χ2v) is 3.90. The lowest BCUT2D eigenvalue weighted by Gasteiger charge is -2.02. The van der Waals surface area contributed by atoms with Crippen LogP contribution in [0, 0.1) is 6.92 Å². The number of halogens is 2. The van der Waals surface area contributed by atoms with E-state index >= 15 is 0 Å². The van der Waals surface area contributed by atoms with Crippen LogP contribution in [0.5, 0.6) is 0 Å². The molecule has 0 aliphatic heterocycles. The summed E-state index contributed by atoms with van der Waals surface area (Å²) in [5.74, 6) is 0.574. The lowest BCUT2D eigenvalue weighted by atomic mass is 10.3. The molecule has 0 amide bonds. The molecule has 0 spiro atoms. The molecule has 3 nitrogen and oxygen atoms in total. The predicted octanol–water partition coefficient (Wildman–Crippen LogP) is 3.46. The van der Waals surface area contributed by atoms with Gasteiger partial charge in [0, 0.05) is 0 Å². The number of hydrogen-bond acceptors (Lipinski definition) is 3. The summed E-state index contributed by atoms with van der Waals surface area (Å²) in [6, 6.07) is 1.79. The summed E-state index contributed by atoms with van der Waals surface area (Å²) in [5.41, 5.74) is 1.63. The van der Waals surface area contributed by atoms with E-state index in [1.165, 1.54) is 0 Å². The molecule has 0 N–H and O–H groups in total. The number of furan rings is 1. The number of hydrogen-bond donors (Lipinski definition) is 0. The third-order valence-electron chi connectivity index (χ3n) is 1.76. The largest absolute Gasteiger partial charge is 0.472 e. The minimum Gasteiger partial charge on any atom is -0.472 e. The van der Waals surface area contributed by atoms with Crippen molar-refractivity contribution in [1.82, 2.24) is 9.97 Å². The van der Waals surface area contributed by atoms with Crippen LogP contribution in [0.15, 0.2) is 27.5 Å². The topological polar surface area (TPSA) is 38.9 Å². The molecule has 0 saturated carbocycles. The van der Waals surface area contributed by atoms with E-state index in [1.54, 1.807) is 18.6 Å². The molecule has 0 atom stereocenters. The zero-order chi connectivity index (χ0) is 10.1. The molecule has 14 heavy (non-hydrogen) atoms. The maximum absolute atomic E-state index is 5.91. The first kappa shape index (κ1) is 9.68. The van der Waals surface area contributed by atoms with Crippen molar-refractivity contribution in [3.8, 4) is 11.4 Å². The van der Waals surface area contributed by atoms with E-state index in [-0.39, 0.29) is 0 Å². The summed E-state index contributed by atoms with van der Waals surface area (Å²) >= 11 is 9.20. The summed E-state index contributed by atoms with van der Waals surface area (Å²) < 4.78 is 5.67. The van der Waals surface area contributed by atoms with E-state index in [1.807, 2.05) is 6.92 Å². The highest BCUT2D eigenvalue weighted by atomic mass is 79.9. The van der Waals surface area contributed by atoms with Crippen LogP contribution in [0.2, 0.25) is 5.15 Å². The SMILES string of the molecule is Cc1nc(-c2ccoc2)nc(Cl)c1Br. The third kappa shape index (κ3) is 1.67. The molecule has 2 rings (SSSR count). The van der Waals surface area contributed by atoms with Gasteiger partial charge in [-0.3, -0.25) is 0 Å². The Labute approximate surface area is 94.3 Å². The van der Waals surface area contributed by atoms with Crippen LogP contribution < -0.4 is 0 Å². The van der Waals surface area contributed by atoms with Crippen molar-refractivity contribution in [2.75, 3.05) is 0 Å². The van der Waals surface area contributed by atoms with Crippen LogP contribution in [0.1, 0.15) is 5.69 Å². The smallest absolute Gasteiger partial charge is 0.164 e. The Bertz CT molecular complexity index is 433. The molecule has 2 aromatic rings. The molecular weight excluding hydrogens is 267 g/mol. The second kappa shape index (κ2) is 3.71. The first-order valence-corrected chi connectivity index (χ1v) is 5.08. The normalized spacial score (nSPS) is 10.5. The summed E-state index contributed by atoms with van der Waals surface area (Å²) in [5, 5.41) is 0.411. The zero-order valence-electron chi connectivity index (χ0n) is 7.29. The van der Waals surface area contributed by atoms with Crippen molar-refractivity contribution < 1.29 is 4.42 Å². The number of aromatic nitrogens is 2. The highest BCUT2D eigenvalue weighted by Gasteiger charge is 2.09. The monoisotopic (exact) mass is 272 g/mol. The molecule has 0 saturated heterocycles. The average Bonchev–Trinajstić information content (AvgIpc) is 2.66. The highest BCUT2D eigenvalue weighted by molar-refractivity contribution is 9.10. The van der Waals surface area contributed by atoms with Gasteiger partial charge >= 0.3 is 0 Å². The van der Waals surface area contributed by atoms with Crippen molar-refractivity contribution >= 4 is 27.5 Å². The van der Waals surface area contributed by atoms with Crippen molar-refractivity contribution in [1.29, 1.82) is 0 Å². The van der Waals surface area contributed by atoms with Gasteiger partial charge in [-0.15, -0.1) is 0 Å². The Morgan fingerprint density at radius 2 is 2.21 bits per heavy atom. The molecule has 0 aromatic carbocycles. The standard InChI is InChI=1S/C9H6BrClN2O/c1-5-7(10)8(11)13-9(12-5)6-2-3-14-4-6/h2-4H,1H3. The van der Waals surface area contributed by atoms with Gasteiger partial charge in [-0.1, -0.05) is 11.6 Å². The van der Waals surface area contributed by atoms with E-state index in [0.29, 0.717) is 11.0 Å². The number of rotatable bonds is 1. The molecule has 0 fully saturated rings. The third-order valence-corrected chi connectivity index (χ3v) is 3.21. The Hall–Kier alpha value is -0.870. The van der Waals surface area contributed by atoms with Gasteiger partial charge < -0.3 is 4.42 Å². The van der Waals surface area contributed by atoms with E-state index in [2.05, 4.69) is 25.9 Å². The quantitative estimate of drug-likeness (QED) is 0.747. The Morgan fingerprint density at radius 1 is 1.43 bits per heavy atom. The summed E-state index contributed by atoms with van der Waals surface area (Å²) in [6.45, 7) is 1.86. The van der Waals surface area contributed by atoms with E-state index in [0.717, 1.165) is 15.7 Å². The van der Waals surface area contributed by atoms with Crippen molar-refractivity contribution in [3.63, 3.8) is 0 Å². The summed E-state index contributed by atoms with van der Waals surface area (Å²) in [6.07, 6.45) is 3.16. The molecule has 0 bridgehead atoms. The highest BCUT2D eigenvalue weighted by Crippen LogP contribution is 2.26. The van der Waals surface area contributed by atoms with E-state index in [4.69, 9.17) is 16.0 Å². The molecule has 0 aliphatic rings. The first-order chi connectivity index (χ1) is 6.68. The zero-order valence-corrected chi connectivity index (χ0v) is 9.63. The van der Waals surface area contributed by atoms with Gasteiger partial charge in [0.25, 0.3) is 0 Å². The Morgan fingerprint density at radius 3 is 2.79 bits per heavy atom. The van der Waals surface area contributed by atoms with Gasteiger partial charge in [0.15, 0.2) is 5.82 Å². The maximum Gasteiger partial charge on any atom is 0.164 e. The average molecular weight is 274 g/mol. The molecule has 0 radical (unpaired) electrons. The molecule has 72 valence electrons. The number of aryl methyl sites for hydroxylation is 1. The fraction of sp³-hybridized carbons (Fsp3) is 0.111. The summed E-state index contributed by atoms with van der Waals surface area (Å²) in [4.78, 5) is 8.40. The van der Waals surface area contributed by atoms with Gasteiger partial charge in [0.2, 0.25) is 0 Å². The molecule has 0 unspecified atom stereocenters. The molecule has 2 aromatic heterocycles. The maximum atomic E-state index is 5.91.